The van der Waals surface area contributed by atoms with Crippen LogP contribution in [0.15, 0.2) is 18.2 Å². The van der Waals surface area contributed by atoms with Crippen LogP contribution in [0.5, 0.6) is 0 Å². The van der Waals surface area contributed by atoms with Crippen molar-refractivity contribution in [1.82, 2.24) is 5.32 Å². The smallest absolute Gasteiger partial charge is 0.130 e. The maximum Gasteiger partial charge on any atom is 0.130 e. The number of halogens is 2. The number of rotatable bonds is 4. The monoisotopic (exact) mass is 269 g/mol. The fourth-order valence-electron chi connectivity index (χ4n) is 2.88. The Hall–Kier alpha value is -1.00. The lowest BCUT2D eigenvalue weighted by atomic mass is 9.64. The highest BCUT2D eigenvalue weighted by Gasteiger charge is 2.48. The van der Waals surface area contributed by atoms with Crippen LogP contribution in [-0.4, -0.2) is 19.3 Å². The van der Waals surface area contributed by atoms with Crippen molar-refractivity contribution in [2.75, 3.05) is 7.11 Å². The second-order valence-corrected chi connectivity index (χ2v) is 5.86. The topological polar surface area (TPSA) is 21.3 Å². The second kappa shape index (κ2) is 5.17. The molecule has 106 valence electrons. The SMILES string of the molecule is COC1CC(NC(C)c2c(F)cccc2F)C1(C)C. The molecule has 2 rings (SSSR count). The van der Waals surface area contributed by atoms with E-state index in [9.17, 15) is 8.78 Å². The molecule has 1 aromatic rings. The highest BCUT2D eigenvalue weighted by atomic mass is 19.1. The molecule has 4 heteroatoms. The van der Waals surface area contributed by atoms with E-state index in [0.717, 1.165) is 6.42 Å². The predicted octanol–water partition coefficient (Wildman–Crippen LogP) is 3.43. The van der Waals surface area contributed by atoms with Gasteiger partial charge in [0.25, 0.3) is 0 Å². The fraction of sp³-hybridized carbons (Fsp3) is 0.600. The summed E-state index contributed by atoms with van der Waals surface area (Å²) in [4.78, 5) is 0. The standard InChI is InChI=1S/C15H21F2NO/c1-9(14-10(16)6-5-7-11(14)17)18-12-8-13(19-4)15(12,2)3/h5-7,9,12-13,18H,8H2,1-4H3. The highest BCUT2D eigenvalue weighted by molar-refractivity contribution is 5.23. The summed E-state index contributed by atoms with van der Waals surface area (Å²) >= 11 is 0. The van der Waals surface area contributed by atoms with Crippen molar-refractivity contribution in [2.24, 2.45) is 5.41 Å². The summed E-state index contributed by atoms with van der Waals surface area (Å²) in [6.07, 6.45) is 1.06. The van der Waals surface area contributed by atoms with Gasteiger partial charge in [-0.1, -0.05) is 19.9 Å². The molecule has 0 amide bonds. The Labute approximate surface area is 113 Å². The molecule has 19 heavy (non-hydrogen) atoms. The van der Waals surface area contributed by atoms with Gasteiger partial charge in [0.05, 0.1) is 6.10 Å². The lowest BCUT2D eigenvalue weighted by molar-refractivity contribution is -0.100. The first-order valence-electron chi connectivity index (χ1n) is 6.60. The highest BCUT2D eigenvalue weighted by Crippen LogP contribution is 2.43. The van der Waals surface area contributed by atoms with Gasteiger partial charge in [0, 0.05) is 30.2 Å². The van der Waals surface area contributed by atoms with Crippen LogP contribution in [0, 0.1) is 17.0 Å². The van der Waals surface area contributed by atoms with E-state index in [1.807, 2.05) is 0 Å². The van der Waals surface area contributed by atoms with Gasteiger partial charge in [0.1, 0.15) is 11.6 Å². The van der Waals surface area contributed by atoms with Crippen LogP contribution in [0.1, 0.15) is 38.8 Å². The summed E-state index contributed by atoms with van der Waals surface area (Å²) in [5.74, 6) is -0.999. The quantitative estimate of drug-likeness (QED) is 0.904. The van der Waals surface area contributed by atoms with Crippen LogP contribution >= 0.6 is 0 Å². The van der Waals surface area contributed by atoms with E-state index in [4.69, 9.17) is 4.74 Å². The average Bonchev–Trinajstić information content (AvgIpc) is 2.33. The minimum Gasteiger partial charge on any atom is -0.381 e. The van der Waals surface area contributed by atoms with E-state index >= 15 is 0 Å². The normalized spacial score (nSPS) is 26.8. The van der Waals surface area contributed by atoms with E-state index in [-0.39, 0.29) is 29.2 Å². The molecule has 0 aromatic heterocycles. The molecule has 3 unspecified atom stereocenters. The maximum absolute atomic E-state index is 13.7. The van der Waals surface area contributed by atoms with Gasteiger partial charge in [-0.15, -0.1) is 0 Å². The maximum atomic E-state index is 13.7. The first-order chi connectivity index (χ1) is 8.87. The van der Waals surface area contributed by atoms with Crippen LogP contribution in [0.2, 0.25) is 0 Å². The molecule has 0 saturated heterocycles. The zero-order chi connectivity index (χ0) is 14.2. The fourth-order valence-corrected chi connectivity index (χ4v) is 2.88. The number of nitrogens with one attached hydrogen (secondary N) is 1. The van der Waals surface area contributed by atoms with Crippen molar-refractivity contribution in [3.05, 3.63) is 35.4 Å². The minimum absolute atomic E-state index is 0.0231. The molecule has 0 spiro atoms. The van der Waals surface area contributed by atoms with Crippen molar-refractivity contribution in [3.63, 3.8) is 0 Å². The zero-order valence-electron chi connectivity index (χ0n) is 11.8. The van der Waals surface area contributed by atoms with Crippen LogP contribution in [0.4, 0.5) is 8.78 Å². The number of ether oxygens (including phenoxy) is 1. The van der Waals surface area contributed by atoms with Gasteiger partial charge in [0.15, 0.2) is 0 Å². The molecule has 1 N–H and O–H groups in total. The number of methoxy groups -OCH3 is 1. The third-order valence-corrected chi connectivity index (χ3v) is 4.35. The molecule has 3 atom stereocenters. The van der Waals surface area contributed by atoms with Gasteiger partial charge in [-0.2, -0.15) is 0 Å². The molecule has 1 fully saturated rings. The summed E-state index contributed by atoms with van der Waals surface area (Å²) in [6, 6.07) is 3.81. The summed E-state index contributed by atoms with van der Waals surface area (Å²) < 4.78 is 32.8. The molecule has 0 aliphatic heterocycles. The van der Waals surface area contributed by atoms with Gasteiger partial charge >= 0.3 is 0 Å². The van der Waals surface area contributed by atoms with Crippen molar-refractivity contribution >= 4 is 0 Å². The number of hydrogen-bond donors (Lipinski definition) is 1. The predicted molar refractivity (Wildman–Crippen MR) is 70.9 cm³/mol. The van der Waals surface area contributed by atoms with E-state index in [1.54, 1.807) is 14.0 Å². The molecule has 2 nitrogen and oxygen atoms in total. The molecule has 1 aliphatic rings. The van der Waals surface area contributed by atoms with Gasteiger partial charge in [0.2, 0.25) is 0 Å². The van der Waals surface area contributed by atoms with E-state index in [0.29, 0.717) is 0 Å². The summed E-state index contributed by atoms with van der Waals surface area (Å²) in [7, 11) is 1.70. The Morgan fingerprint density at radius 1 is 1.32 bits per heavy atom. The average molecular weight is 269 g/mol. The van der Waals surface area contributed by atoms with Crippen molar-refractivity contribution < 1.29 is 13.5 Å². The minimum atomic E-state index is -0.500. The largest absolute Gasteiger partial charge is 0.381 e. The Balaban J connectivity index is 2.09. The van der Waals surface area contributed by atoms with Crippen LogP contribution in [-0.2, 0) is 4.74 Å². The van der Waals surface area contributed by atoms with E-state index in [1.165, 1.54) is 18.2 Å². The van der Waals surface area contributed by atoms with Crippen molar-refractivity contribution in [2.45, 2.75) is 45.4 Å². The number of hydrogen-bond acceptors (Lipinski definition) is 2. The molecule has 0 heterocycles. The van der Waals surface area contributed by atoms with Gasteiger partial charge in [-0.25, -0.2) is 8.78 Å². The first-order valence-corrected chi connectivity index (χ1v) is 6.60. The zero-order valence-corrected chi connectivity index (χ0v) is 11.8. The van der Waals surface area contributed by atoms with Gasteiger partial charge in [-0.05, 0) is 25.5 Å². The first kappa shape index (κ1) is 14.4. The van der Waals surface area contributed by atoms with Crippen LogP contribution in [0.25, 0.3) is 0 Å². The Morgan fingerprint density at radius 2 is 1.89 bits per heavy atom. The van der Waals surface area contributed by atoms with E-state index in [2.05, 4.69) is 19.2 Å². The lowest BCUT2D eigenvalue weighted by Gasteiger charge is -2.52. The van der Waals surface area contributed by atoms with E-state index < -0.39 is 11.6 Å². The lowest BCUT2D eigenvalue weighted by Crippen LogP contribution is -2.61. The summed E-state index contributed by atoms with van der Waals surface area (Å²) in [6.45, 7) is 6.00. The third-order valence-electron chi connectivity index (χ3n) is 4.35. The molecular weight excluding hydrogens is 248 g/mol. The summed E-state index contributed by atoms with van der Waals surface area (Å²) in [5.41, 5.74) is 0.0873. The molecule has 0 bridgehead atoms. The third kappa shape index (κ3) is 2.51. The number of benzene rings is 1. The molecule has 0 radical (unpaired) electrons. The molecular formula is C15H21F2NO. The van der Waals surface area contributed by atoms with Crippen LogP contribution in [0.3, 0.4) is 0 Å². The van der Waals surface area contributed by atoms with Crippen molar-refractivity contribution in [1.29, 1.82) is 0 Å². The van der Waals surface area contributed by atoms with Crippen LogP contribution < -0.4 is 5.32 Å². The molecule has 1 aliphatic carbocycles. The Morgan fingerprint density at radius 3 is 2.37 bits per heavy atom. The Bertz CT molecular complexity index is 441. The Kier molecular flexibility index (Phi) is 3.92. The summed E-state index contributed by atoms with van der Waals surface area (Å²) in [5, 5.41) is 3.31. The second-order valence-electron chi connectivity index (χ2n) is 5.86. The molecule has 1 aromatic carbocycles. The molecule has 1 saturated carbocycles. The van der Waals surface area contributed by atoms with Crippen molar-refractivity contribution in [3.8, 4) is 0 Å². The van der Waals surface area contributed by atoms with Gasteiger partial charge in [-0.3, -0.25) is 0 Å². The van der Waals surface area contributed by atoms with Gasteiger partial charge < -0.3 is 10.1 Å².